The van der Waals surface area contributed by atoms with Gasteiger partial charge in [0.25, 0.3) is 5.91 Å². The number of likely N-dealkylation sites (tertiary alicyclic amines) is 1. The van der Waals surface area contributed by atoms with Gasteiger partial charge in [0.05, 0.1) is 5.56 Å². The van der Waals surface area contributed by atoms with Crippen LogP contribution in [0, 0.1) is 13.8 Å². The van der Waals surface area contributed by atoms with Crippen LogP contribution in [0.3, 0.4) is 0 Å². The van der Waals surface area contributed by atoms with Gasteiger partial charge in [-0.25, -0.2) is 0 Å². The first-order chi connectivity index (χ1) is 12.0. The summed E-state index contributed by atoms with van der Waals surface area (Å²) >= 11 is 0. The lowest BCUT2D eigenvalue weighted by Gasteiger charge is -2.30. The van der Waals surface area contributed by atoms with Crippen molar-refractivity contribution in [1.29, 1.82) is 0 Å². The summed E-state index contributed by atoms with van der Waals surface area (Å²) in [4.78, 5) is 27.7. The molecule has 4 nitrogen and oxygen atoms in total. The zero-order valence-corrected chi connectivity index (χ0v) is 14.8. The Kier molecular flexibility index (Phi) is 5.00. The zero-order valence-electron chi connectivity index (χ0n) is 14.8. The van der Waals surface area contributed by atoms with Crippen molar-refractivity contribution < 1.29 is 9.59 Å². The first kappa shape index (κ1) is 17.4. The summed E-state index contributed by atoms with van der Waals surface area (Å²) in [5.74, 6) is -0.194. The quantitative estimate of drug-likeness (QED) is 0.876. The molecule has 2 N–H and O–H groups in total. The van der Waals surface area contributed by atoms with E-state index in [0.29, 0.717) is 29.8 Å². The van der Waals surface area contributed by atoms with E-state index in [-0.39, 0.29) is 17.7 Å². The number of amides is 1. The third kappa shape index (κ3) is 3.64. The Morgan fingerprint density at radius 2 is 1.60 bits per heavy atom. The third-order valence-corrected chi connectivity index (χ3v) is 5.00. The maximum Gasteiger partial charge on any atom is 0.254 e. The molecule has 130 valence electrons. The van der Waals surface area contributed by atoms with Gasteiger partial charge in [-0.3, -0.25) is 9.59 Å². The first-order valence-electron chi connectivity index (χ1n) is 8.73. The number of benzene rings is 2. The average molecular weight is 336 g/mol. The number of piperidine rings is 1. The molecule has 0 aromatic heterocycles. The molecule has 3 rings (SSSR count). The molecule has 1 heterocycles. The fraction of sp³-hybridized carbons (Fsp3) is 0.333. The van der Waals surface area contributed by atoms with Crippen molar-refractivity contribution in [2.45, 2.75) is 32.7 Å². The standard InChI is InChI=1S/C21H24N2O2/c1-14-7-8-16(13-15(14)2)20(24)18-5-3-4-6-19(18)21(25)23-11-9-17(22)10-12-23/h3-8,13,17H,9-12,22H2,1-2H3. The first-order valence-corrected chi connectivity index (χ1v) is 8.73. The van der Waals surface area contributed by atoms with E-state index >= 15 is 0 Å². The molecule has 1 aliphatic heterocycles. The second-order valence-corrected chi connectivity index (χ2v) is 6.80. The second kappa shape index (κ2) is 7.19. The number of carbonyl (C=O) groups is 2. The molecule has 2 aromatic carbocycles. The second-order valence-electron chi connectivity index (χ2n) is 6.80. The van der Waals surface area contributed by atoms with Gasteiger partial charge in [-0.05, 0) is 49.9 Å². The Labute approximate surface area is 148 Å². The number of hydrogen-bond acceptors (Lipinski definition) is 3. The van der Waals surface area contributed by atoms with Gasteiger partial charge in [-0.1, -0.05) is 30.3 Å². The van der Waals surface area contributed by atoms with Crippen molar-refractivity contribution in [3.05, 3.63) is 70.3 Å². The monoisotopic (exact) mass is 336 g/mol. The van der Waals surface area contributed by atoms with Crippen molar-refractivity contribution in [1.82, 2.24) is 4.90 Å². The molecule has 0 bridgehead atoms. The SMILES string of the molecule is Cc1ccc(C(=O)c2ccccc2C(=O)N2CCC(N)CC2)cc1C. The predicted octanol–water partition coefficient (Wildman–Crippen LogP) is 3.10. The van der Waals surface area contributed by atoms with Gasteiger partial charge in [-0.15, -0.1) is 0 Å². The van der Waals surface area contributed by atoms with Crippen LogP contribution in [0.5, 0.6) is 0 Å². The van der Waals surface area contributed by atoms with Crippen molar-refractivity contribution in [2.75, 3.05) is 13.1 Å². The summed E-state index contributed by atoms with van der Waals surface area (Å²) in [5.41, 5.74) is 9.69. The molecule has 0 unspecified atom stereocenters. The van der Waals surface area contributed by atoms with E-state index in [0.717, 1.165) is 24.0 Å². The summed E-state index contributed by atoms with van der Waals surface area (Å²) in [6, 6.07) is 12.9. The molecule has 2 aromatic rings. The maximum absolute atomic E-state index is 13.0. The molecule has 0 aliphatic carbocycles. The molecule has 1 fully saturated rings. The van der Waals surface area contributed by atoms with Crippen LogP contribution in [0.25, 0.3) is 0 Å². The summed E-state index contributed by atoms with van der Waals surface area (Å²) in [5, 5.41) is 0. The Bertz CT molecular complexity index is 805. The van der Waals surface area contributed by atoms with Gasteiger partial charge in [0.2, 0.25) is 0 Å². The lowest BCUT2D eigenvalue weighted by molar-refractivity contribution is 0.0711. The third-order valence-electron chi connectivity index (χ3n) is 5.00. The van der Waals surface area contributed by atoms with Gasteiger partial charge in [0.1, 0.15) is 0 Å². The minimum absolute atomic E-state index is 0.0836. The molecule has 1 saturated heterocycles. The number of nitrogens with zero attached hydrogens (tertiary/aromatic N) is 1. The van der Waals surface area contributed by atoms with E-state index in [1.54, 1.807) is 29.2 Å². The van der Waals surface area contributed by atoms with Crippen molar-refractivity contribution in [3.8, 4) is 0 Å². The highest BCUT2D eigenvalue weighted by atomic mass is 16.2. The molecule has 0 spiro atoms. The van der Waals surface area contributed by atoms with Crippen LogP contribution in [0.15, 0.2) is 42.5 Å². The summed E-state index contributed by atoms with van der Waals surface area (Å²) in [6.07, 6.45) is 1.61. The molecule has 1 aliphatic rings. The van der Waals surface area contributed by atoms with Gasteiger partial charge < -0.3 is 10.6 Å². The van der Waals surface area contributed by atoms with Gasteiger partial charge >= 0.3 is 0 Å². The predicted molar refractivity (Wildman–Crippen MR) is 98.9 cm³/mol. The zero-order chi connectivity index (χ0) is 18.0. The lowest BCUT2D eigenvalue weighted by Crippen LogP contribution is -2.43. The van der Waals surface area contributed by atoms with Gasteiger partial charge in [0, 0.05) is 30.3 Å². The minimum atomic E-state index is -0.110. The van der Waals surface area contributed by atoms with E-state index in [2.05, 4.69) is 0 Å². The van der Waals surface area contributed by atoms with Crippen LogP contribution in [0.1, 0.15) is 50.2 Å². The number of aryl methyl sites for hydroxylation is 2. The molecular weight excluding hydrogens is 312 g/mol. The van der Waals surface area contributed by atoms with Crippen molar-refractivity contribution >= 4 is 11.7 Å². The van der Waals surface area contributed by atoms with Gasteiger partial charge in [-0.2, -0.15) is 0 Å². The van der Waals surface area contributed by atoms with Crippen molar-refractivity contribution in [3.63, 3.8) is 0 Å². The highest BCUT2D eigenvalue weighted by Crippen LogP contribution is 2.20. The Hall–Kier alpha value is -2.46. The van der Waals surface area contributed by atoms with E-state index < -0.39 is 0 Å². The van der Waals surface area contributed by atoms with E-state index in [1.807, 2.05) is 32.0 Å². The highest BCUT2D eigenvalue weighted by Gasteiger charge is 2.25. The van der Waals surface area contributed by atoms with E-state index in [9.17, 15) is 9.59 Å². The molecule has 4 heteroatoms. The summed E-state index contributed by atoms with van der Waals surface area (Å²) in [6.45, 7) is 5.29. The van der Waals surface area contributed by atoms with E-state index in [4.69, 9.17) is 5.73 Å². The van der Waals surface area contributed by atoms with Crippen LogP contribution in [0.2, 0.25) is 0 Å². The van der Waals surface area contributed by atoms with E-state index in [1.165, 1.54) is 0 Å². The fourth-order valence-corrected chi connectivity index (χ4v) is 3.18. The molecular formula is C21H24N2O2. The smallest absolute Gasteiger partial charge is 0.254 e. The number of ketones is 1. The largest absolute Gasteiger partial charge is 0.339 e. The molecule has 0 saturated carbocycles. The van der Waals surface area contributed by atoms with Crippen LogP contribution in [-0.4, -0.2) is 35.7 Å². The summed E-state index contributed by atoms with van der Waals surface area (Å²) in [7, 11) is 0. The fourth-order valence-electron chi connectivity index (χ4n) is 3.18. The number of hydrogen-bond donors (Lipinski definition) is 1. The maximum atomic E-state index is 13.0. The minimum Gasteiger partial charge on any atom is -0.339 e. The Balaban J connectivity index is 1.91. The molecule has 1 amide bonds. The highest BCUT2D eigenvalue weighted by molar-refractivity contribution is 6.15. The van der Waals surface area contributed by atoms with Crippen LogP contribution in [-0.2, 0) is 0 Å². The van der Waals surface area contributed by atoms with Gasteiger partial charge in [0.15, 0.2) is 5.78 Å². The average Bonchev–Trinajstić information content (AvgIpc) is 2.63. The summed E-state index contributed by atoms with van der Waals surface area (Å²) < 4.78 is 0. The normalized spacial score (nSPS) is 15.2. The Morgan fingerprint density at radius 3 is 2.24 bits per heavy atom. The number of rotatable bonds is 3. The van der Waals surface area contributed by atoms with Crippen LogP contribution >= 0.6 is 0 Å². The molecule has 0 atom stereocenters. The number of carbonyl (C=O) groups excluding carboxylic acids is 2. The van der Waals surface area contributed by atoms with Crippen LogP contribution < -0.4 is 5.73 Å². The molecule has 0 radical (unpaired) electrons. The lowest BCUT2D eigenvalue weighted by atomic mass is 9.95. The van der Waals surface area contributed by atoms with Crippen molar-refractivity contribution in [2.24, 2.45) is 5.73 Å². The number of nitrogens with two attached hydrogens (primary N) is 1. The topological polar surface area (TPSA) is 63.4 Å². The molecule has 25 heavy (non-hydrogen) atoms. The Morgan fingerprint density at radius 1 is 0.960 bits per heavy atom. The van der Waals surface area contributed by atoms with Crippen LogP contribution in [0.4, 0.5) is 0 Å².